The van der Waals surface area contributed by atoms with Gasteiger partial charge in [0.2, 0.25) is 0 Å². The minimum atomic E-state index is -0.0154. The molecule has 0 unspecified atom stereocenters. The van der Waals surface area contributed by atoms with Gasteiger partial charge in [-0.1, -0.05) is 0 Å². The van der Waals surface area contributed by atoms with E-state index in [9.17, 15) is 0 Å². The smallest absolute Gasteiger partial charge is 0.199 e. The normalized spacial score (nSPS) is 10.9. The molecule has 0 aliphatic heterocycles. The van der Waals surface area contributed by atoms with Crippen LogP contribution < -0.4 is 4.90 Å². The van der Waals surface area contributed by atoms with Gasteiger partial charge in [-0.2, -0.15) is 4.52 Å². The lowest BCUT2D eigenvalue weighted by Crippen LogP contribution is -2.31. The molecule has 0 saturated carbocycles. The summed E-state index contributed by atoms with van der Waals surface area (Å²) in [4.78, 5) is 5.76. The SMILES string of the molecule is OCCN(CCO)c1cncc2nnnn12. The first-order chi connectivity index (χ1) is 7.86. The second kappa shape index (κ2) is 4.81. The van der Waals surface area contributed by atoms with Gasteiger partial charge in [0.15, 0.2) is 11.5 Å². The molecule has 0 atom stereocenters. The van der Waals surface area contributed by atoms with Gasteiger partial charge >= 0.3 is 0 Å². The van der Waals surface area contributed by atoms with E-state index in [1.54, 1.807) is 17.3 Å². The van der Waals surface area contributed by atoms with Crippen molar-refractivity contribution in [1.82, 2.24) is 25.0 Å². The van der Waals surface area contributed by atoms with Crippen molar-refractivity contribution < 1.29 is 10.2 Å². The van der Waals surface area contributed by atoms with Gasteiger partial charge in [0.05, 0.1) is 25.6 Å². The minimum absolute atomic E-state index is 0.0154. The third-order valence-corrected chi connectivity index (χ3v) is 2.15. The zero-order chi connectivity index (χ0) is 11.4. The number of nitrogens with zero attached hydrogens (tertiary/aromatic N) is 6. The van der Waals surface area contributed by atoms with Crippen molar-refractivity contribution in [1.29, 1.82) is 0 Å². The van der Waals surface area contributed by atoms with Crippen LogP contribution in [0.25, 0.3) is 5.65 Å². The summed E-state index contributed by atoms with van der Waals surface area (Å²) in [5.41, 5.74) is 0.526. The maximum absolute atomic E-state index is 8.94. The summed E-state index contributed by atoms with van der Waals surface area (Å²) >= 11 is 0. The van der Waals surface area contributed by atoms with Crippen molar-refractivity contribution in [2.75, 3.05) is 31.2 Å². The molecule has 16 heavy (non-hydrogen) atoms. The van der Waals surface area contributed by atoms with Gasteiger partial charge < -0.3 is 15.1 Å². The monoisotopic (exact) mass is 224 g/mol. The third kappa shape index (κ3) is 1.92. The number of fused-ring (bicyclic) bond motifs is 1. The number of aromatic nitrogens is 5. The first kappa shape index (κ1) is 10.7. The standard InChI is InChI=1S/C8H12N6O2/c15-3-1-13(2-4-16)8-6-9-5-7-10-11-12-14(7)8/h5-6,15-16H,1-4H2. The van der Waals surface area contributed by atoms with E-state index in [1.807, 2.05) is 0 Å². The number of hydrogen-bond donors (Lipinski definition) is 2. The summed E-state index contributed by atoms with van der Waals surface area (Å²) in [5, 5.41) is 29.0. The molecule has 0 fully saturated rings. The van der Waals surface area contributed by atoms with E-state index in [0.717, 1.165) is 0 Å². The molecule has 2 heterocycles. The van der Waals surface area contributed by atoms with Crippen LogP contribution in [-0.2, 0) is 0 Å². The number of rotatable bonds is 5. The van der Waals surface area contributed by atoms with Gasteiger partial charge in [0.25, 0.3) is 0 Å². The molecule has 8 heteroatoms. The quantitative estimate of drug-likeness (QED) is 0.625. The Morgan fingerprint density at radius 1 is 1.19 bits per heavy atom. The predicted octanol–water partition coefficient (Wildman–Crippen LogP) is -1.69. The highest BCUT2D eigenvalue weighted by Crippen LogP contribution is 2.11. The molecule has 2 aromatic heterocycles. The fraction of sp³-hybridized carbons (Fsp3) is 0.500. The van der Waals surface area contributed by atoms with Crippen LogP contribution in [0.1, 0.15) is 0 Å². The minimum Gasteiger partial charge on any atom is -0.395 e. The molecule has 2 N–H and O–H groups in total. The van der Waals surface area contributed by atoms with Crippen LogP contribution in [0.2, 0.25) is 0 Å². The van der Waals surface area contributed by atoms with Crippen molar-refractivity contribution in [3.05, 3.63) is 12.4 Å². The van der Waals surface area contributed by atoms with Crippen molar-refractivity contribution in [2.24, 2.45) is 0 Å². The maximum atomic E-state index is 8.94. The average molecular weight is 224 g/mol. The topological polar surface area (TPSA) is 99.7 Å². The zero-order valence-electron chi connectivity index (χ0n) is 8.56. The van der Waals surface area contributed by atoms with Crippen molar-refractivity contribution >= 4 is 11.5 Å². The molecule has 0 aromatic carbocycles. The summed E-state index contributed by atoms with van der Waals surface area (Å²) < 4.78 is 1.51. The van der Waals surface area contributed by atoms with Crippen LogP contribution >= 0.6 is 0 Å². The summed E-state index contributed by atoms with van der Waals surface area (Å²) in [6.07, 6.45) is 3.13. The first-order valence-corrected chi connectivity index (χ1v) is 4.85. The lowest BCUT2D eigenvalue weighted by atomic mass is 10.4. The van der Waals surface area contributed by atoms with Gasteiger partial charge in [-0.05, 0) is 10.4 Å². The van der Waals surface area contributed by atoms with E-state index in [2.05, 4.69) is 20.5 Å². The van der Waals surface area contributed by atoms with Gasteiger partial charge in [0.1, 0.15) is 0 Å². The van der Waals surface area contributed by atoms with E-state index in [0.29, 0.717) is 24.6 Å². The summed E-state index contributed by atoms with van der Waals surface area (Å²) in [5.74, 6) is 0.644. The highest BCUT2D eigenvalue weighted by atomic mass is 16.3. The number of hydrogen-bond acceptors (Lipinski definition) is 7. The van der Waals surface area contributed by atoms with E-state index in [1.165, 1.54) is 4.52 Å². The van der Waals surface area contributed by atoms with E-state index >= 15 is 0 Å². The van der Waals surface area contributed by atoms with Crippen LogP contribution in [0.15, 0.2) is 12.4 Å². The molecule has 0 aliphatic carbocycles. The van der Waals surface area contributed by atoms with Crippen molar-refractivity contribution in [2.45, 2.75) is 0 Å². The van der Waals surface area contributed by atoms with Crippen LogP contribution in [0, 0.1) is 0 Å². The second-order valence-corrected chi connectivity index (χ2v) is 3.15. The van der Waals surface area contributed by atoms with E-state index < -0.39 is 0 Å². The number of aliphatic hydroxyl groups is 2. The van der Waals surface area contributed by atoms with Gasteiger partial charge in [-0.15, -0.1) is 5.10 Å². The number of tetrazole rings is 1. The van der Waals surface area contributed by atoms with E-state index in [-0.39, 0.29) is 13.2 Å². The van der Waals surface area contributed by atoms with Crippen LogP contribution in [0.3, 0.4) is 0 Å². The Bertz CT molecular complexity index is 452. The Hall–Kier alpha value is -1.80. The highest BCUT2D eigenvalue weighted by Gasteiger charge is 2.11. The zero-order valence-corrected chi connectivity index (χ0v) is 8.56. The second-order valence-electron chi connectivity index (χ2n) is 3.15. The van der Waals surface area contributed by atoms with Gasteiger partial charge in [-0.25, -0.2) is 0 Å². The first-order valence-electron chi connectivity index (χ1n) is 4.85. The Morgan fingerprint density at radius 3 is 2.62 bits per heavy atom. The maximum Gasteiger partial charge on any atom is 0.199 e. The molecule has 0 saturated heterocycles. The molecule has 86 valence electrons. The Morgan fingerprint density at radius 2 is 1.94 bits per heavy atom. The average Bonchev–Trinajstić information content (AvgIpc) is 2.76. The molecule has 2 aromatic rings. The Balaban J connectivity index is 2.38. The third-order valence-electron chi connectivity index (χ3n) is 2.15. The van der Waals surface area contributed by atoms with Crippen LogP contribution in [0.4, 0.5) is 5.82 Å². The summed E-state index contributed by atoms with van der Waals surface area (Å²) in [6.45, 7) is 0.749. The van der Waals surface area contributed by atoms with Crippen LogP contribution in [0.5, 0.6) is 0 Å². The lowest BCUT2D eigenvalue weighted by Gasteiger charge is -2.22. The Labute approximate surface area is 91.1 Å². The largest absolute Gasteiger partial charge is 0.395 e. The number of anilines is 1. The number of aliphatic hydroxyl groups excluding tert-OH is 2. The molecule has 2 rings (SSSR count). The molecule has 0 spiro atoms. The van der Waals surface area contributed by atoms with Gasteiger partial charge in [0, 0.05) is 13.1 Å². The molecule has 0 aliphatic rings. The van der Waals surface area contributed by atoms with Crippen molar-refractivity contribution in [3.63, 3.8) is 0 Å². The molecule has 0 radical (unpaired) electrons. The highest BCUT2D eigenvalue weighted by molar-refractivity contribution is 5.45. The lowest BCUT2D eigenvalue weighted by molar-refractivity contribution is 0.280. The van der Waals surface area contributed by atoms with E-state index in [4.69, 9.17) is 10.2 Å². The fourth-order valence-corrected chi connectivity index (χ4v) is 1.46. The molecule has 0 amide bonds. The Kier molecular flexibility index (Phi) is 3.22. The fourth-order valence-electron chi connectivity index (χ4n) is 1.46. The predicted molar refractivity (Wildman–Crippen MR) is 55.0 cm³/mol. The summed E-state index contributed by atoms with van der Waals surface area (Å²) in [7, 11) is 0. The van der Waals surface area contributed by atoms with Crippen molar-refractivity contribution in [3.8, 4) is 0 Å². The molecular weight excluding hydrogens is 212 g/mol. The summed E-state index contributed by atoms with van der Waals surface area (Å²) in [6, 6.07) is 0. The van der Waals surface area contributed by atoms with Gasteiger partial charge in [-0.3, -0.25) is 4.98 Å². The van der Waals surface area contributed by atoms with Crippen LogP contribution in [-0.4, -0.2) is 61.5 Å². The molecule has 8 nitrogen and oxygen atoms in total. The molecule has 0 bridgehead atoms. The molecular formula is C8H12N6O2.